The van der Waals surface area contributed by atoms with Crippen molar-refractivity contribution in [3.05, 3.63) is 0 Å². The van der Waals surface area contributed by atoms with Crippen LogP contribution in [0.1, 0.15) is 39.0 Å². The third-order valence-corrected chi connectivity index (χ3v) is 5.78. The van der Waals surface area contributed by atoms with E-state index in [1.807, 2.05) is 0 Å². The van der Waals surface area contributed by atoms with Crippen molar-refractivity contribution in [3.8, 4) is 0 Å². The van der Waals surface area contributed by atoms with E-state index in [2.05, 4.69) is 5.32 Å². The number of nitrogens with zero attached hydrogens (tertiary/aromatic N) is 1. The van der Waals surface area contributed by atoms with Crippen molar-refractivity contribution in [3.63, 3.8) is 0 Å². The fourth-order valence-corrected chi connectivity index (χ4v) is 3.92. The summed E-state index contributed by atoms with van der Waals surface area (Å²) >= 11 is 0. The van der Waals surface area contributed by atoms with Gasteiger partial charge in [0.15, 0.2) is 0 Å². The fraction of sp³-hybridized carbons (Fsp3) is 0.909. The highest BCUT2D eigenvalue weighted by molar-refractivity contribution is 7.89. The zero-order valence-electron chi connectivity index (χ0n) is 10.2. The predicted molar refractivity (Wildman–Crippen MR) is 65.0 cm³/mol. The molecule has 0 aliphatic carbocycles. The summed E-state index contributed by atoms with van der Waals surface area (Å²) in [7, 11) is -3.08. The molecule has 0 aromatic carbocycles. The molecule has 2 aliphatic heterocycles. The lowest BCUT2D eigenvalue weighted by molar-refractivity contribution is -0.119. The molecule has 1 spiro atoms. The minimum absolute atomic E-state index is 0.108. The first-order valence-corrected chi connectivity index (χ1v) is 7.87. The summed E-state index contributed by atoms with van der Waals surface area (Å²) in [5.74, 6) is 0.267. The summed E-state index contributed by atoms with van der Waals surface area (Å²) in [4.78, 5) is 11.3. The van der Waals surface area contributed by atoms with Gasteiger partial charge >= 0.3 is 0 Å². The Morgan fingerprint density at radius 3 is 2.65 bits per heavy atom. The maximum Gasteiger partial charge on any atom is 0.220 e. The predicted octanol–water partition coefficient (Wildman–Crippen LogP) is 0.471. The fourth-order valence-electron chi connectivity index (χ4n) is 2.78. The van der Waals surface area contributed by atoms with Gasteiger partial charge in [-0.25, -0.2) is 12.7 Å². The SMILES string of the molecule is CCS(=O)(=O)N1CCCC2(CCC(=O)N2)CC1. The minimum Gasteiger partial charge on any atom is -0.351 e. The van der Waals surface area contributed by atoms with Gasteiger partial charge in [0.2, 0.25) is 15.9 Å². The molecule has 2 saturated heterocycles. The van der Waals surface area contributed by atoms with E-state index in [1.165, 1.54) is 0 Å². The lowest BCUT2D eigenvalue weighted by Crippen LogP contribution is -2.42. The van der Waals surface area contributed by atoms with Gasteiger partial charge in [-0.05, 0) is 32.6 Å². The van der Waals surface area contributed by atoms with Crippen molar-refractivity contribution in [2.75, 3.05) is 18.8 Å². The smallest absolute Gasteiger partial charge is 0.220 e. The van der Waals surface area contributed by atoms with Gasteiger partial charge in [-0.15, -0.1) is 0 Å². The normalized spacial score (nSPS) is 31.5. The monoisotopic (exact) mass is 260 g/mol. The first kappa shape index (κ1) is 12.8. The Morgan fingerprint density at radius 1 is 1.29 bits per heavy atom. The molecule has 5 nitrogen and oxygen atoms in total. The highest BCUT2D eigenvalue weighted by Crippen LogP contribution is 2.31. The van der Waals surface area contributed by atoms with E-state index >= 15 is 0 Å². The van der Waals surface area contributed by atoms with Crippen molar-refractivity contribution < 1.29 is 13.2 Å². The van der Waals surface area contributed by atoms with Crippen LogP contribution in [0.15, 0.2) is 0 Å². The van der Waals surface area contributed by atoms with Gasteiger partial charge in [0.1, 0.15) is 0 Å². The molecule has 0 radical (unpaired) electrons. The van der Waals surface area contributed by atoms with Gasteiger partial charge in [0.05, 0.1) is 5.75 Å². The number of hydrogen-bond acceptors (Lipinski definition) is 3. The number of carbonyl (C=O) groups excluding carboxylic acids is 1. The van der Waals surface area contributed by atoms with Gasteiger partial charge in [0, 0.05) is 25.0 Å². The van der Waals surface area contributed by atoms with Crippen LogP contribution >= 0.6 is 0 Å². The number of sulfonamides is 1. The summed E-state index contributed by atoms with van der Waals surface area (Å²) in [5, 5.41) is 3.04. The molecule has 1 unspecified atom stereocenters. The average Bonchev–Trinajstić information content (AvgIpc) is 2.52. The molecule has 0 aromatic rings. The second-order valence-corrected chi connectivity index (χ2v) is 7.24. The van der Waals surface area contributed by atoms with Crippen LogP contribution in [0.3, 0.4) is 0 Å². The number of hydrogen-bond donors (Lipinski definition) is 1. The largest absolute Gasteiger partial charge is 0.351 e. The van der Waals surface area contributed by atoms with E-state index in [1.54, 1.807) is 11.2 Å². The molecule has 2 rings (SSSR count). The van der Waals surface area contributed by atoms with E-state index in [9.17, 15) is 13.2 Å². The Kier molecular flexibility index (Phi) is 3.45. The number of carbonyl (C=O) groups is 1. The Labute approximate surface area is 103 Å². The summed E-state index contributed by atoms with van der Waals surface area (Å²) in [6.45, 7) is 2.80. The van der Waals surface area contributed by atoms with Crippen molar-refractivity contribution >= 4 is 15.9 Å². The molecule has 1 N–H and O–H groups in total. The van der Waals surface area contributed by atoms with E-state index in [4.69, 9.17) is 0 Å². The van der Waals surface area contributed by atoms with Crippen LogP contribution in [0.2, 0.25) is 0 Å². The van der Waals surface area contributed by atoms with Gasteiger partial charge in [-0.1, -0.05) is 0 Å². The third-order valence-electron chi connectivity index (χ3n) is 3.90. The summed E-state index contributed by atoms with van der Waals surface area (Å²) in [5.41, 5.74) is -0.130. The molecule has 0 saturated carbocycles. The highest BCUT2D eigenvalue weighted by Gasteiger charge is 2.39. The number of rotatable bonds is 2. The van der Waals surface area contributed by atoms with E-state index < -0.39 is 10.0 Å². The lowest BCUT2D eigenvalue weighted by Gasteiger charge is -2.27. The average molecular weight is 260 g/mol. The molecular formula is C11H20N2O3S. The van der Waals surface area contributed by atoms with E-state index in [-0.39, 0.29) is 17.2 Å². The maximum atomic E-state index is 11.8. The zero-order chi connectivity index (χ0) is 12.5. The van der Waals surface area contributed by atoms with Crippen LogP contribution in [0.4, 0.5) is 0 Å². The van der Waals surface area contributed by atoms with Crippen LogP contribution in [0.5, 0.6) is 0 Å². The van der Waals surface area contributed by atoms with Crippen molar-refractivity contribution in [1.29, 1.82) is 0 Å². The molecule has 2 fully saturated rings. The number of nitrogens with one attached hydrogen (secondary N) is 1. The molecular weight excluding hydrogens is 240 g/mol. The second-order valence-electron chi connectivity index (χ2n) is 4.98. The Hall–Kier alpha value is -0.620. The molecule has 98 valence electrons. The highest BCUT2D eigenvalue weighted by atomic mass is 32.2. The molecule has 2 heterocycles. The summed E-state index contributed by atoms with van der Waals surface area (Å²) in [6, 6.07) is 0. The maximum absolute atomic E-state index is 11.8. The molecule has 1 amide bonds. The molecule has 17 heavy (non-hydrogen) atoms. The number of amides is 1. The quantitative estimate of drug-likeness (QED) is 0.785. The van der Waals surface area contributed by atoms with E-state index in [0.717, 1.165) is 25.7 Å². The summed E-state index contributed by atoms with van der Waals surface area (Å²) < 4.78 is 25.2. The topological polar surface area (TPSA) is 66.5 Å². The van der Waals surface area contributed by atoms with Crippen molar-refractivity contribution in [1.82, 2.24) is 9.62 Å². The zero-order valence-corrected chi connectivity index (χ0v) is 11.1. The van der Waals surface area contributed by atoms with Crippen LogP contribution in [-0.4, -0.2) is 43.0 Å². The Balaban J connectivity index is 2.06. The molecule has 6 heteroatoms. The van der Waals surface area contributed by atoms with Crippen LogP contribution in [0, 0.1) is 0 Å². The van der Waals surface area contributed by atoms with E-state index in [0.29, 0.717) is 19.5 Å². The molecule has 0 aromatic heterocycles. The van der Waals surface area contributed by atoms with Gasteiger partial charge in [-0.3, -0.25) is 4.79 Å². The van der Waals surface area contributed by atoms with Crippen molar-refractivity contribution in [2.24, 2.45) is 0 Å². The van der Waals surface area contributed by atoms with Crippen LogP contribution < -0.4 is 5.32 Å². The minimum atomic E-state index is -3.08. The van der Waals surface area contributed by atoms with Crippen LogP contribution in [-0.2, 0) is 14.8 Å². The Morgan fingerprint density at radius 2 is 2.06 bits per heavy atom. The molecule has 0 bridgehead atoms. The first-order chi connectivity index (χ1) is 7.97. The third kappa shape index (κ3) is 2.63. The van der Waals surface area contributed by atoms with Crippen molar-refractivity contribution in [2.45, 2.75) is 44.6 Å². The molecule has 2 aliphatic rings. The van der Waals surface area contributed by atoms with Crippen LogP contribution in [0.25, 0.3) is 0 Å². The second kappa shape index (κ2) is 4.57. The summed E-state index contributed by atoms with van der Waals surface area (Å²) in [6.07, 6.45) is 3.92. The van der Waals surface area contributed by atoms with Gasteiger partial charge < -0.3 is 5.32 Å². The Bertz CT molecular complexity index is 407. The lowest BCUT2D eigenvalue weighted by atomic mass is 9.89. The first-order valence-electron chi connectivity index (χ1n) is 6.26. The van der Waals surface area contributed by atoms with Gasteiger partial charge in [0.25, 0.3) is 0 Å². The van der Waals surface area contributed by atoms with Gasteiger partial charge in [-0.2, -0.15) is 0 Å². The standard InChI is InChI=1S/C11H20N2O3S/c1-2-17(15,16)13-8-3-5-11(7-9-13)6-4-10(14)12-11/h2-9H2,1H3,(H,12,14). The molecule has 1 atom stereocenters.